The Hall–Kier alpha value is -3.41. The summed E-state index contributed by atoms with van der Waals surface area (Å²) in [5.74, 6) is -5.13. The topological polar surface area (TPSA) is 85.3 Å². The first-order valence-electron chi connectivity index (χ1n) is 13.2. The van der Waals surface area contributed by atoms with Gasteiger partial charge in [0.2, 0.25) is 0 Å². The molecule has 1 amide bonds. The van der Waals surface area contributed by atoms with Crippen LogP contribution in [-0.2, 0) is 16.0 Å². The van der Waals surface area contributed by atoms with Gasteiger partial charge >= 0.3 is 24.2 Å². The number of nitrogens with zero attached hydrogens (tertiary/aromatic N) is 1. The standard InChI is InChI=1S/C29H36F5NO6/c1-5-39-25(26(36)37)18-22-8-10-23(11-9-22)40-15-14-35(13-7-6-12-28(30,31)29(32,33)34)27(38)41-24-17-20(3)19(2)16-21(24)4/h8-11,16-17,25H,5-7,12-15,18H2,1-4H3,(H,36,37). The summed E-state index contributed by atoms with van der Waals surface area (Å²) in [6.45, 7) is 7.32. The lowest BCUT2D eigenvalue weighted by atomic mass is 10.1. The molecule has 0 saturated heterocycles. The molecule has 0 fully saturated rings. The van der Waals surface area contributed by atoms with E-state index in [-0.39, 0.29) is 39.1 Å². The summed E-state index contributed by atoms with van der Waals surface area (Å²) < 4.78 is 80.5. The van der Waals surface area contributed by atoms with Crippen LogP contribution in [0.15, 0.2) is 36.4 Å². The van der Waals surface area contributed by atoms with Gasteiger partial charge in [0.05, 0.1) is 6.54 Å². The van der Waals surface area contributed by atoms with Crippen LogP contribution in [0, 0.1) is 20.8 Å². The Labute approximate surface area is 236 Å². The molecule has 1 unspecified atom stereocenters. The predicted octanol–water partition coefficient (Wildman–Crippen LogP) is 6.89. The number of carbonyl (C=O) groups is 2. The fourth-order valence-corrected chi connectivity index (χ4v) is 3.92. The van der Waals surface area contributed by atoms with Gasteiger partial charge in [0.15, 0.2) is 6.10 Å². The monoisotopic (exact) mass is 589 g/mol. The number of hydrogen-bond acceptors (Lipinski definition) is 5. The highest BCUT2D eigenvalue weighted by atomic mass is 19.4. The Morgan fingerprint density at radius 1 is 0.927 bits per heavy atom. The number of carboxylic acids is 1. The molecule has 0 bridgehead atoms. The van der Waals surface area contributed by atoms with Crippen LogP contribution in [-0.4, -0.2) is 66.6 Å². The Bertz CT molecular complexity index is 1150. The van der Waals surface area contributed by atoms with Crippen LogP contribution in [0.2, 0.25) is 0 Å². The molecule has 2 rings (SSSR count). The summed E-state index contributed by atoms with van der Waals surface area (Å²) in [6, 6.07) is 10.2. The first-order chi connectivity index (χ1) is 19.1. The average Bonchev–Trinajstić information content (AvgIpc) is 2.88. The molecular weight excluding hydrogens is 553 g/mol. The third kappa shape index (κ3) is 10.5. The van der Waals surface area contributed by atoms with Crippen molar-refractivity contribution in [3.05, 3.63) is 58.7 Å². The molecule has 0 radical (unpaired) electrons. The second-order valence-corrected chi connectivity index (χ2v) is 9.70. The van der Waals surface area contributed by atoms with Gasteiger partial charge in [0, 0.05) is 26.0 Å². The van der Waals surface area contributed by atoms with Crippen LogP contribution in [0.3, 0.4) is 0 Å². The molecule has 0 spiro atoms. The number of amides is 1. The van der Waals surface area contributed by atoms with E-state index in [1.807, 2.05) is 19.9 Å². The van der Waals surface area contributed by atoms with Gasteiger partial charge in [-0.2, -0.15) is 22.0 Å². The van der Waals surface area contributed by atoms with Crippen molar-refractivity contribution in [3.63, 3.8) is 0 Å². The van der Waals surface area contributed by atoms with Crippen LogP contribution in [0.4, 0.5) is 26.7 Å². The third-order valence-electron chi connectivity index (χ3n) is 6.45. The molecule has 228 valence electrons. The van der Waals surface area contributed by atoms with Gasteiger partial charge < -0.3 is 24.2 Å². The zero-order valence-corrected chi connectivity index (χ0v) is 23.5. The molecule has 0 aliphatic carbocycles. The third-order valence-corrected chi connectivity index (χ3v) is 6.45. The Morgan fingerprint density at radius 2 is 1.56 bits per heavy atom. The predicted molar refractivity (Wildman–Crippen MR) is 142 cm³/mol. The smallest absolute Gasteiger partial charge is 0.453 e. The van der Waals surface area contributed by atoms with Gasteiger partial charge in [-0.05, 0) is 81.0 Å². The van der Waals surface area contributed by atoms with Crippen LogP contribution in [0.5, 0.6) is 11.5 Å². The van der Waals surface area contributed by atoms with Crippen molar-refractivity contribution >= 4 is 12.1 Å². The number of aliphatic carboxylic acids is 1. The van der Waals surface area contributed by atoms with E-state index in [0.29, 0.717) is 22.6 Å². The van der Waals surface area contributed by atoms with E-state index in [9.17, 15) is 36.6 Å². The number of aryl methyl sites for hydroxylation is 3. The lowest BCUT2D eigenvalue weighted by molar-refractivity contribution is -0.284. The largest absolute Gasteiger partial charge is 0.492 e. The Morgan fingerprint density at radius 3 is 2.15 bits per heavy atom. The van der Waals surface area contributed by atoms with Gasteiger partial charge in [-0.25, -0.2) is 9.59 Å². The van der Waals surface area contributed by atoms with Crippen molar-refractivity contribution in [1.82, 2.24) is 4.90 Å². The molecule has 1 N–H and O–H groups in total. The van der Waals surface area contributed by atoms with E-state index in [0.717, 1.165) is 11.1 Å². The molecule has 2 aromatic carbocycles. The molecule has 0 aromatic heterocycles. The summed E-state index contributed by atoms with van der Waals surface area (Å²) >= 11 is 0. The van der Waals surface area contributed by atoms with E-state index < -0.39 is 43.1 Å². The zero-order valence-electron chi connectivity index (χ0n) is 23.5. The van der Waals surface area contributed by atoms with Crippen LogP contribution in [0.25, 0.3) is 0 Å². The van der Waals surface area contributed by atoms with E-state index in [4.69, 9.17) is 14.2 Å². The second-order valence-electron chi connectivity index (χ2n) is 9.70. The van der Waals surface area contributed by atoms with Gasteiger partial charge in [-0.3, -0.25) is 0 Å². The molecule has 2 aromatic rings. The first kappa shape index (κ1) is 33.8. The molecule has 0 saturated carbocycles. The van der Waals surface area contributed by atoms with E-state index in [1.54, 1.807) is 44.2 Å². The average molecular weight is 590 g/mol. The van der Waals surface area contributed by atoms with Gasteiger partial charge in [0.25, 0.3) is 0 Å². The maximum atomic E-state index is 13.3. The molecule has 0 aliphatic heterocycles. The normalized spacial score (nSPS) is 12.6. The van der Waals surface area contributed by atoms with E-state index >= 15 is 0 Å². The number of hydrogen-bond donors (Lipinski definition) is 1. The van der Waals surface area contributed by atoms with Gasteiger partial charge in [-0.15, -0.1) is 0 Å². The van der Waals surface area contributed by atoms with Crippen LogP contribution < -0.4 is 9.47 Å². The number of alkyl halides is 5. The number of halogens is 5. The number of rotatable bonds is 15. The summed E-state index contributed by atoms with van der Waals surface area (Å²) in [7, 11) is 0. The Kier molecular flexibility index (Phi) is 12.4. The van der Waals surface area contributed by atoms with E-state index in [1.165, 1.54) is 4.90 Å². The number of carbonyl (C=O) groups excluding carboxylic acids is 1. The number of carboxylic acid groups (broad SMARTS) is 1. The SMILES string of the molecule is CCOC(Cc1ccc(OCCN(CCCCC(F)(F)C(F)(F)F)C(=O)Oc2cc(C)c(C)cc2C)cc1)C(=O)O. The Balaban J connectivity index is 2.03. The maximum Gasteiger partial charge on any atom is 0.453 e. The minimum atomic E-state index is -5.63. The number of ether oxygens (including phenoxy) is 3. The minimum absolute atomic E-state index is 0.0181. The quantitative estimate of drug-likeness (QED) is 0.180. The minimum Gasteiger partial charge on any atom is -0.492 e. The van der Waals surface area contributed by atoms with Crippen LogP contribution in [0.1, 0.15) is 48.4 Å². The van der Waals surface area contributed by atoms with Gasteiger partial charge in [0.1, 0.15) is 18.1 Å². The summed E-state index contributed by atoms with van der Waals surface area (Å²) in [5.41, 5.74) is 3.31. The molecule has 41 heavy (non-hydrogen) atoms. The number of benzene rings is 2. The molecular formula is C29H36F5NO6. The summed E-state index contributed by atoms with van der Waals surface area (Å²) in [5, 5.41) is 9.24. The fourth-order valence-electron chi connectivity index (χ4n) is 3.92. The van der Waals surface area contributed by atoms with Crippen molar-refractivity contribution < 1.29 is 50.9 Å². The van der Waals surface area contributed by atoms with E-state index in [2.05, 4.69) is 0 Å². The molecule has 12 heteroatoms. The van der Waals surface area contributed by atoms with Crippen molar-refractivity contribution in [2.75, 3.05) is 26.3 Å². The highest BCUT2D eigenvalue weighted by molar-refractivity contribution is 5.73. The zero-order chi connectivity index (χ0) is 30.8. The molecule has 7 nitrogen and oxygen atoms in total. The molecule has 1 atom stereocenters. The van der Waals surface area contributed by atoms with Crippen LogP contribution >= 0.6 is 0 Å². The summed E-state index contributed by atoms with van der Waals surface area (Å²) in [6.07, 6.45) is -9.18. The highest BCUT2D eigenvalue weighted by Gasteiger charge is 2.56. The van der Waals surface area contributed by atoms with Crippen molar-refractivity contribution in [3.8, 4) is 11.5 Å². The number of unbranched alkanes of at least 4 members (excludes halogenated alkanes) is 1. The highest BCUT2D eigenvalue weighted by Crippen LogP contribution is 2.39. The maximum absolute atomic E-state index is 13.3. The lowest BCUT2D eigenvalue weighted by Gasteiger charge is -2.24. The van der Waals surface area contributed by atoms with Crippen molar-refractivity contribution in [1.29, 1.82) is 0 Å². The molecule has 0 heterocycles. The fraction of sp³-hybridized carbons (Fsp3) is 0.517. The summed E-state index contributed by atoms with van der Waals surface area (Å²) in [4.78, 5) is 25.5. The second kappa shape index (κ2) is 15.0. The van der Waals surface area contributed by atoms with Gasteiger partial charge in [-0.1, -0.05) is 18.2 Å². The lowest BCUT2D eigenvalue weighted by Crippen LogP contribution is -2.38. The first-order valence-corrected chi connectivity index (χ1v) is 13.2. The van der Waals surface area contributed by atoms with Crippen molar-refractivity contribution in [2.45, 2.75) is 71.6 Å². The van der Waals surface area contributed by atoms with Crippen molar-refractivity contribution in [2.24, 2.45) is 0 Å². The molecule has 0 aliphatic rings.